The highest BCUT2D eigenvalue weighted by Gasteiger charge is 2.30. The Morgan fingerprint density at radius 3 is 2.48 bits per heavy atom. The second-order valence-electron chi connectivity index (χ2n) is 6.53. The monoisotopic (exact) mass is 324 g/mol. The van der Waals surface area contributed by atoms with Crippen molar-refractivity contribution in [2.24, 2.45) is 0 Å². The Morgan fingerprint density at radius 1 is 1.24 bits per heavy atom. The van der Waals surface area contributed by atoms with Gasteiger partial charge in [-0.25, -0.2) is 0 Å². The summed E-state index contributed by atoms with van der Waals surface area (Å²) in [6, 6.07) is 6.68. The van der Waals surface area contributed by atoms with E-state index in [4.69, 9.17) is 8.85 Å². The van der Waals surface area contributed by atoms with Crippen LogP contribution in [0.3, 0.4) is 0 Å². The van der Waals surface area contributed by atoms with E-state index in [-0.39, 0.29) is 5.75 Å². The third kappa shape index (κ3) is 6.07. The van der Waals surface area contributed by atoms with Crippen molar-refractivity contribution in [3.05, 3.63) is 36.0 Å². The maximum absolute atomic E-state index is 9.60. The van der Waals surface area contributed by atoms with Gasteiger partial charge in [-0.2, -0.15) is 0 Å². The number of methoxy groups -OCH3 is 1. The van der Waals surface area contributed by atoms with Crippen LogP contribution in [-0.2, 0) is 10.5 Å². The molecule has 0 radical (unpaired) electrons. The van der Waals surface area contributed by atoms with Crippen LogP contribution in [0.25, 0.3) is 0 Å². The van der Waals surface area contributed by atoms with E-state index in [0.717, 1.165) is 18.9 Å². The highest BCUT2D eigenvalue weighted by Crippen LogP contribution is 2.28. The van der Waals surface area contributed by atoms with Crippen molar-refractivity contribution < 1.29 is 14.0 Å². The van der Waals surface area contributed by atoms with Gasteiger partial charge in [-0.1, -0.05) is 11.8 Å². The fraction of sp³-hybridized carbons (Fsp3) is 0.500. The van der Waals surface area contributed by atoms with E-state index in [2.05, 4.69) is 32.8 Å². The summed E-state index contributed by atoms with van der Waals surface area (Å²) in [5.74, 6) is 0.735. The largest absolute Gasteiger partial charge is 0.504 e. The Morgan fingerprint density at radius 2 is 1.90 bits per heavy atom. The number of benzene rings is 1. The number of phenols is 1. The first-order chi connectivity index (χ1) is 9.69. The third-order valence-corrected chi connectivity index (χ3v) is 10.4. The predicted molar refractivity (Wildman–Crippen MR) is 94.0 cm³/mol. The molecule has 0 aliphatic carbocycles. The second kappa shape index (κ2) is 7.29. The lowest BCUT2D eigenvalue weighted by molar-refractivity contribution is 0.373. The van der Waals surface area contributed by atoms with Crippen molar-refractivity contribution in [1.29, 1.82) is 0 Å². The normalized spacial score (nSPS) is 12.2. The van der Waals surface area contributed by atoms with Gasteiger partial charge < -0.3 is 14.0 Å². The lowest BCUT2D eigenvalue weighted by atomic mass is 10.1. The van der Waals surface area contributed by atoms with Crippen LogP contribution in [0.15, 0.2) is 30.5 Å². The first-order valence-electron chi connectivity index (χ1n) is 7.39. The molecule has 1 aromatic carbocycles. The highest BCUT2D eigenvalue weighted by atomic mass is 28.4. The molecule has 3 nitrogen and oxygen atoms in total. The standard InChI is InChI=1S/C16H28O3Si2/c1-7-20(3,4)19-21(5,6)12-8-9-14-10-11-15(17)16(13-14)18-2/h7,10-11,13,17H,1,8-9,12H2,2-6H3. The summed E-state index contributed by atoms with van der Waals surface area (Å²) in [5.41, 5.74) is 3.20. The van der Waals surface area contributed by atoms with Crippen LogP contribution in [0.4, 0.5) is 0 Å². The minimum absolute atomic E-state index is 0.193. The Kier molecular flexibility index (Phi) is 6.25. The van der Waals surface area contributed by atoms with Gasteiger partial charge in [-0.3, -0.25) is 0 Å². The van der Waals surface area contributed by atoms with E-state index >= 15 is 0 Å². The molecule has 0 unspecified atom stereocenters. The van der Waals surface area contributed by atoms with Crippen LogP contribution in [-0.4, -0.2) is 28.9 Å². The Hall–Kier alpha value is -1.05. The average Bonchev–Trinajstić information content (AvgIpc) is 2.39. The maximum atomic E-state index is 9.60. The minimum Gasteiger partial charge on any atom is -0.504 e. The molecule has 0 saturated heterocycles. The van der Waals surface area contributed by atoms with Crippen molar-refractivity contribution in [3.63, 3.8) is 0 Å². The summed E-state index contributed by atoms with van der Waals surface area (Å²) in [4.78, 5) is 0. The van der Waals surface area contributed by atoms with Crippen LogP contribution in [0.1, 0.15) is 12.0 Å². The number of aromatic hydroxyl groups is 1. The summed E-state index contributed by atoms with van der Waals surface area (Å²) < 4.78 is 11.5. The average molecular weight is 325 g/mol. The van der Waals surface area contributed by atoms with Crippen molar-refractivity contribution in [3.8, 4) is 11.5 Å². The van der Waals surface area contributed by atoms with Gasteiger partial charge in [0.05, 0.1) is 7.11 Å². The van der Waals surface area contributed by atoms with E-state index in [0.29, 0.717) is 5.75 Å². The number of hydrogen-bond donors (Lipinski definition) is 1. The van der Waals surface area contributed by atoms with Crippen LogP contribution in [0.5, 0.6) is 11.5 Å². The van der Waals surface area contributed by atoms with Gasteiger partial charge in [0.15, 0.2) is 28.1 Å². The molecule has 1 aromatic rings. The number of rotatable bonds is 8. The smallest absolute Gasteiger partial charge is 0.197 e. The van der Waals surface area contributed by atoms with Crippen LogP contribution in [0, 0.1) is 0 Å². The van der Waals surface area contributed by atoms with E-state index in [1.54, 1.807) is 13.2 Å². The molecule has 0 saturated carbocycles. The summed E-state index contributed by atoms with van der Waals surface area (Å²) >= 11 is 0. The number of ether oxygens (including phenoxy) is 1. The third-order valence-electron chi connectivity index (χ3n) is 3.52. The number of hydrogen-bond acceptors (Lipinski definition) is 3. The zero-order chi connectivity index (χ0) is 16.1. The van der Waals surface area contributed by atoms with E-state index in [1.807, 2.05) is 17.8 Å². The van der Waals surface area contributed by atoms with Gasteiger partial charge in [0.25, 0.3) is 0 Å². The molecule has 0 spiro atoms. The van der Waals surface area contributed by atoms with Crippen LogP contribution >= 0.6 is 0 Å². The van der Waals surface area contributed by atoms with Crippen molar-refractivity contribution >= 4 is 16.6 Å². The zero-order valence-corrected chi connectivity index (χ0v) is 15.9. The summed E-state index contributed by atoms with van der Waals surface area (Å²) in [7, 11) is -1.75. The van der Waals surface area contributed by atoms with Gasteiger partial charge in [0, 0.05) is 0 Å². The van der Waals surface area contributed by atoms with Gasteiger partial charge in [-0.15, -0.1) is 6.58 Å². The SMILES string of the molecule is C=C[Si](C)(C)O[Si](C)(C)CCCc1ccc(O)c(OC)c1. The lowest BCUT2D eigenvalue weighted by Crippen LogP contribution is -2.43. The molecule has 1 N–H and O–H groups in total. The minimum atomic E-state index is -1.69. The van der Waals surface area contributed by atoms with Gasteiger partial charge >= 0.3 is 0 Å². The van der Waals surface area contributed by atoms with E-state index in [1.165, 1.54) is 5.56 Å². The maximum Gasteiger partial charge on any atom is 0.197 e. The van der Waals surface area contributed by atoms with E-state index < -0.39 is 16.6 Å². The molecule has 1 rings (SSSR count). The molecule has 0 heterocycles. The molecule has 118 valence electrons. The van der Waals surface area contributed by atoms with Gasteiger partial charge in [-0.05, 0) is 62.8 Å². The molecule has 0 fully saturated rings. The predicted octanol–water partition coefficient (Wildman–Crippen LogP) is 4.49. The second-order valence-corrected chi connectivity index (χ2v) is 15.0. The first kappa shape index (κ1) is 18.0. The number of aryl methyl sites for hydroxylation is 1. The zero-order valence-electron chi connectivity index (χ0n) is 13.9. The molecule has 0 atom stereocenters. The Labute approximate surface area is 130 Å². The van der Waals surface area contributed by atoms with Gasteiger partial charge in [0.2, 0.25) is 0 Å². The molecule has 0 bridgehead atoms. The Balaban J connectivity index is 2.54. The quantitative estimate of drug-likeness (QED) is 0.716. The fourth-order valence-electron chi connectivity index (χ4n) is 2.40. The van der Waals surface area contributed by atoms with Crippen molar-refractivity contribution in [1.82, 2.24) is 0 Å². The molecular formula is C16H28O3Si2. The first-order valence-corrected chi connectivity index (χ1v) is 13.5. The molecule has 21 heavy (non-hydrogen) atoms. The van der Waals surface area contributed by atoms with Crippen LogP contribution < -0.4 is 4.74 Å². The van der Waals surface area contributed by atoms with Gasteiger partial charge in [0.1, 0.15) is 0 Å². The summed E-state index contributed by atoms with van der Waals surface area (Å²) in [6.45, 7) is 12.8. The molecule has 0 aliphatic rings. The molecule has 0 aliphatic heterocycles. The molecular weight excluding hydrogens is 296 g/mol. The van der Waals surface area contributed by atoms with Crippen molar-refractivity contribution in [2.75, 3.05) is 7.11 Å². The van der Waals surface area contributed by atoms with Crippen LogP contribution in [0.2, 0.25) is 32.2 Å². The van der Waals surface area contributed by atoms with E-state index in [9.17, 15) is 5.11 Å². The molecule has 0 amide bonds. The summed E-state index contributed by atoms with van der Waals surface area (Å²) in [5, 5.41) is 9.60. The molecule has 5 heteroatoms. The highest BCUT2D eigenvalue weighted by molar-refractivity contribution is 6.87. The number of phenolic OH excluding ortho intramolecular Hbond substituents is 1. The fourth-order valence-corrected chi connectivity index (χ4v) is 9.87. The topological polar surface area (TPSA) is 38.7 Å². The summed E-state index contributed by atoms with van der Waals surface area (Å²) in [6.07, 6.45) is 2.07. The lowest BCUT2D eigenvalue weighted by Gasteiger charge is -2.32. The Bertz CT molecular complexity index is 484. The van der Waals surface area contributed by atoms with Crippen molar-refractivity contribution in [2.45, 2.75) is 45.1 Å². The molecule has 0 aromatic heterocycles.